The van der Waals surface area contributed by atoms with Gasteiger partial charge >= 0.3 is 0 Å². The first kappa shape index (κ1) is 24.3. The molecule has 0 aliphatic carbocycles. The van der Waals surface area contributed by atoms with Gasteiger partial charge in [-0.05, 0) is 66.9 Å². The molecule has 1 heterocycles. The Morgan fingerprint density at radius 2 is 1.91 bits per heavy atom. The van der Waals surface area contributed by atoms with Crippen molar-refractivity contribution in [2.24, 2.45) is 5.73 Å². The van der Waals surface area contributed by atoms with Crippen LogP contribution in [-0.4, -0.2) is 21.5 Å². The molecule has 0 radical (unpaired) electrons. The first-order valence-corrected chi connectivity index (χ1v) is 12.7. The zero-order valence-corrected chi connectivity index (χ0v) is 20.2. The second-order valence-electron chi connectivity index (χ2n) is 7.39. The van der Waals surface area contributed by atoms with E-state index in [-0.39, 0.29) is 17.5 Å². The summed E-state index contributed by atoms with van der Waals surface area (Å²) in [5, 5.41) is 5.54. The Kier molecular flexibility index (Phi) is 7.95. The minimum atomic E-state index is -3.60. The van der Waals surface area contributed by atoms with E-state index in [1.807, 2.05) is 32.0 Å². The number of halogens is 1. The smallest absolute Gasteiger partial charge is 0.293 e. The van der Waals surface area contributed by atoms with E-state index in [4.69, 9.17) is 22.1 Å². The maximum atomic E-state index is 13.0. The maximum absolute atomic E-state index is 13.0. The summed E-state index contributed by atoms with van der Waals surface area (Å²) >= 11 is 7.30. The Labute approximate surface area is 197 Å². The first-order valence-electron chi connectivity index (χ1n) is 9.97. The van der Waals surface area contributed by atoms with Gasteiger partial charge in [0, 0.05) is 40.0 Å². The van der Waals surface area contributed by atoms with Gasteiger partial charge in [-0.3, -0.25) is 4.79 Å². The second-order valence-corrected chi connectivity index (χ2v) is 10.7. The van der Waals surface area contributed by atoms with E-state index in [0.29, 0.717) is 29.4 Å². The van der Waals surface area contributed by atoms with Crippen LogP contribution in [0.2, 0.25) is 5.02 Å². The normalized spacial score (nSPS) is 12.4. The summed E-state index contributed by atoms with van der Waals surface area (Å²) in [5.74, 6) is 0. The molecule has 0 fully saturated rings. The molecule has 3 N–H and O–H groups in total. The van der Waals surface area contributed by atoms with Gasteiger partial charge in [-0.15, -0.1) is 11.3 Å². The van der Waals surface area contributed by atoms with E-state index in [1.165, 1.54) is 23.5 Å². The number of rotatable bonds is 10. The van der Waals surface area contributed by atoms with E-state index >= 15 is 0 Å². The Bertz CT molecular complexity index is 1190. The molecule has 32 heavy (non-hydrogen) atoms. The number of hydrogen-bond donors (Lipinski definition) is 2. The van der Waals surface area contributed by atoms with Crippen molar-refractivity contribution in [3.63, 3.8) is 0 Å². The van der Waals surface area contributed by atoms with Crippen molar-refractivity contribution < 1.29 is 17.9 Å². The molecule has 0 saturated heterocycles. The van der Waals surface area contributed by atoms with E-state index in [1.54, 1.807) is 17.5 Å². The van der Waals surface area contributed by atoms with E-state index in [0.717, 1.165) is 27.3 Å². The number of carbonyl (C=O) groups is 1. The third-order valence-corrected chi connectivity index (χ3v) is 8.63. The number of nitrogens with two attached hydrogens (primary N) is 1. The summed E-state index contributed by atoms with van der Waals surface area (Å²) < 4.78 is 30.7. The van der Waals surface area contributed by atoms with Gasteiger partial charge in [0.15, 0.2) is 0 Å². The number of sulfone groups is 1. The van der Waals surface area contributed by atoms with Crippen molar-refractivity contribution in [1.82, 2.24) is 0 Å². The number of ether oxygens (including phenoxy) is 1. The van der Waals surface area contributed by atoms with E-state index in [2.05, 4.69) is 5.32 Å². The van der Waals surface area contributed by atoms with E-state index in [9.17, 15) is 13.2 Å². The topological polar surface area (TPSA) is 98.5 Å². The highest BCUT2D eigenvalue weighted by molar-refractivity contribution is 7.91. The number of hydrogen-bond acceptors (Lipinski definition) is 7. The first-order chi connectivity index (χ1) is 15.2. The zero-order valence-electron chi connectivity index (χ0n) is 17.8. The van der Waals surface area contributed by atoms with Crippen molar-refractivity contribution in [2.45, 2.75) is 42.6 Å². The molecule has 9 heteroatoms. The highest BCUT2D eigenvalue weighted by Crippen LogP contribution is 2.32. The quantitative estimate of drug-likeness (QED) is 0.304. The largest absolute Gasteiger partial charge is 0.468 e. The fourth-order valence-corrected chi connectivity index (χ4v) is 6.39. The standard InChI is InChI=1S/C23H25ClN2O4S2/c1-15-11-18(5-8-20(15)21(25)9-10-30-14-27)26-12-22-16(2)23(13-31-22)32(28,29)19-6-3-17(24)4-7-19/h3-8,11,13-14,21,26H,9-10,12,25H2,1-2H3. The van der Waals surface area contributed by atoms with Gasteiger partial charge in [0.05, 0.1) is 16.4 Å². The SMILES string of the molecule is Cc1cc(NCc2scc(S(=O)(=O)c3ccc(Cl)cc3)c2C)ccc1C(N)CCOC=O. The van der Waals surface area contributed by atoms with Crippen LogP contribution in [0.15, 0.2) is 57.6 Å². The van der Waals surface area contributed by atoms with Crippen molar-refractivity contribution in [1.29, 1.82) is 0 Å². The molecule has 3 aromatic rings. The molecular formula is C23H25ClN2O4S2. The number of thiophene rings is 1. The predicted molar refractivity (Wildman–Crippen MR) is 128 cm³/mol. The summed E-state index contributed by atoms with van der Waals surface area (Å²) in [5.41, 5.74) is 9.87. The van der Waals surface area contributed by atoms with Crippen LogP contribution < -0.4 is 11.1 Å². The number of benzene rings is 2. The maximum Gasteiger partial charge on any atom is 0.293 e. The minimum absolute atomic E-state index is 0.218. The zero-order chi connectivity index (χ0) is 23.3. The fourth-order valence-electron chi connectivity index (χ4n) is 3.40. The third kappa shape index (κ3) is 5.50. The van der Waals surface area contributed by atoms with Crippen molar-refractivity contribution in [2.75, 3.05) is 11.9 Å². The highest BCUT2D eigenvalue weighted by atomic mass is 35.5. The summed E-state index contributed by atoms with van der Waals surface area (Å²) in [7, 11) is -3.60. The lowest BCUT2D eigenvalue weighted by atomic mass is 9.99. The summed E-state index contributed by atoms with van der Waals surface area (Å²) in [4.78, 5) is 11.8. The molecular weight excluding hydrogens is 468 g/mol. The number of carbonyl (C=O) groups excluding carboxylic acids is 1. The molecule has 3 rings (SSSR count). The van der Waals surface area contributed by atoms with Crippen LogP contribution in [0, 0.1) is 13.8 Å². The molecule has 6 nitrogen and oxygen atoms in total. The van der Waals surface area contributed by atoms with Gasteiger partial charge in [-0.1, -0.05) is 17.7 Å². The third-order valence-electron chi connectivity index (χ3n) is 5.25. The molecule has 0 amide bonds. The average Bonchev–Trinajstić information content (AvgIpc) is 3.14. The lowest BCUT2D eigenvalue weighted by Crippen LogP contribution is -2.14. The van der Waals surface area contributed by atoms with Gasteiger partial charge in [0.1, 0.15) is 0 Å². The van der Waals surface area contributed by atoms with Crippen molar-refractivity contribution in [3.8, 4) is 0 Å². The van der Waals surface area contributed by atoms with E-state index < -0.39 is 9.84 Å². The molecule has 0 aliphatic rings. The van der Waals surface area contributed by atoms with Crippen LogP contribution in [0.3, 0.4) is 0 Å². The molecule has 2 aromatic carbocycles. The lowest BCUT2D eigenvalue weighted by molar-refractivity contribution is -0.128. The van der Waals surface area contributed by atoms with Crippen molar-refractivity contribution >= 4 is 44.9 Å². The van der Waals surface area contributed by atoms with Gasteiger partial charge < -0.3 is 15.8 Å². The molecule has 1 aromatic heterocycles. The van der Waals surface area contributed by atoms with Gasteiger partial charge in [0.2, 0.25) is 9.84 Å². The molecule has 1 unspecified atom stereocenters. The highest BCUT2D eigenvalue weighted by Gasteiger charge is 2.23. The minimum Gasteiger partial charge on any atom is -0.468 e. The Balaban J connectivity index is 1.70. The van der Waals surface area contributed by atoms with Crippen molar-refractivity contribution in [3.05, 3.63) is 74.4 Å². The van der Waals surface area contributed by atoms with Crippen LogP contribution in [0.5, 0.6) is 0 Å². The molecule has 1 atom stereocenters. The monoisotopic (exact) mass is 492 g/mol. The Hall–Kier alpha value is -2.39. The molecule has 0 aliphatic heterocycles. The molecule has 0 saturated carbocycles. The number of nitrogens with one attached hydrogen (secondary N) is 1. The fraction of sp³-hybridized carbons (Fsp3) is 0.261. The second kappa shape index (κ2) is 10.5. The summed E-state index contributed by atoms with van der Waals surface area (Å²) in [6, 6.07) is 11.9. The van der Waals surface area contributed by atoms with Crippen LogP contribution in [0.1, 0.15) is 34.0 Å². The van der Waals surface area contributed by atoms with Gasteiger partial charge in [-0.25, -0.2) is 8.42 Å². The summed E-state index contributed by atoms with van der Waals surface area (Å²) in [6.45, 7) is 5.01. The predicted octanol–water partition coefficient (Wildman–Crippen LogP) is 5.03. The van der Waals surface area contributed by atoms with Crippen LogP contribution in [-0.2, 0) is 25.9 Å². The van der Waals surface area contributed by atoms with Crippen LogP contribution in [0.25, 0.3) is 0 Å². The van der Waals surface area contributed by atoms with Gasteiger partial charge in [-0.2, -0.15) is 0 Å². The number of anilines is 1. The van der Waals surface area contributed by atoms with Crippen LogP contribution in [0.4, 0.5) is 5.69 Å². The molecule has 0 bridgehead atoms. The average molecular weight is 493 g/mol. The van der Waals surface area contributed by atoms with Crippen LogP contribution >= 0.6 is 22.9 Å². The summed E-state index contributed by atoms with van der Waals surface area (Å²) in [6.07, 6.45) is 0.547. The Morgan fingerprint density at radius 1 is 1.19 bits per heavy atom. The lowest BCUT2D eigenvalue weighted by Gasteiger charge is -2.16. The molecule has 170 valence electrons. The Morgan fingerprint density at radius 3 is 2.56 bits per heavy atom. The molecule has 0 spiro atoms. The number of aryl methyl sites for hydroxylation is 1. The van der Waals surface area contributed by atoms with Gasteiger partial charge in [0.25, 0.3) is 6.47 Å².